The predicted octanol–water partition coefficient (Wildman–Crippen LogP) is 3.57. The summed E-state index contributed by atoms with van der Waals surface area (Å²) in [6.45, 7) is 0.199. The zero-order valence-electron chi connectivity index (χ0n) is 17.3. The van der Waals surface area contributed by atoms with E-state index in [9.17, 15) is 32.3 Å². The van der Waals surface area contributed by atoms with E-state index in [1.807, 2.05) is 0 Å². The number of carbonyl (C=O) groups excluding carboxylic acids is 4. The lowest BCUT2D eigenvalue weighted by Gasteiger charge is -2.21. The van der Waals surface area contributed by atoms with E-state index in [1.54, 1.807) is 18.2 Å². The summed E-state index contributed by atoms with van der Waals surface area (Å²) in [4.78, 5) is 49.5. The highest BCUT2D eigenvalue weighted by molar-refractivity contribution is 6.31. The fourth-order valence-electron chi connectivity index (χ4n) is 3.62. The maximum Gasteiger partial charge on any atom is 0.417 e. The molecule has 176 valence electrons. The Kier molecular flexibility index (Phi) is 6.05. The lowest BCUT2D eigenvalue weighted by atomic mass is 10.1. The second-order valence-electron chi connectivity index (χ2n) is 7.55. The lowest BCUT2D eigenvalue weighted by molar-refractivity contribution is -0.137. The SMILES string of the molecule is O=C1CC=C(N2Cc3cc(CNC(=O)Nc4ccc(C(F)(F)F)c(Cl)c4)ccc3C2=O)C(=O)N1. The van der Waals surface area contributed by atoms with Crippen LogP contribution in [0.3, 0.4) is 0 Å². The first-order valence-corrected chi connectivity index (χ1v) is 10.3. The maximum atomic E-state index is 12.8. The van der Waals surface area contributed by atoms with Gasteiger partial charge in [0, 0.05) is 24.2 Å². The normalized spacial score (nSPS) is 15.6. The third-order valence-electron chi connectivity index (χ3n) is 5.22. The van der Waals surface area contributed by atoms with Crippen molar-refractivity contribution in [1.29, 1.82) is 0 Å². The molecule has 0 bridgehead atoms. The molecule has 2 aromatic carbocycles. The van der Waals surface area contributed by atoms with Gasteiger partial charge in [-0.15, -0.1) is 0 Å². The molecule has 2 aliphatic heterocycles. The Morgan fingerprint density at radius 3 is 2.56 bits per heavy atom. The Balaban J connectivity index is 1.38. The Labute approximate surface area is 195 Å². The lowest BCUT2D eigenvalue weighted by Crippen LogP contribution is -2.41. The molecule has 0 fully saturated rings. The van der Waals surface area contributed by atoms with E-state index < -0.39 is 34.6 Å². The number of carbonyl (C=O) groups is 4. The van der Waals surface area contributed by atoms with E-state index in [4.69, 9.17) is 11.6 Å². The highest BCUT2D eigenvalue weighted by Crippen LogP contribution is 2.35. The van der Waals surface area contributed by atoms with E-state index in [-0.39, 0.29) is 36.8 Å². The molecule has 0 saturated carbocycles. The molecular weight excluding hydrogens is 477 g/mol. The molecule has 0 aliphatic carbocycles. The second kappa shape index (κ2) is 8.82. The van der Waals surface area contributed by atoms with Crippen LogP contribution in [-0.4, -0.2) is 28.7 Å². The van der Waals surface area contributed by atoms with Crippen LogP contribution in [0.4, 0.5) is 23.7 Å². The number of benzene rings is 2. The highest BCUT2D eigenvalue weighted by Gasteiger charge is 2.35. The van der Waals surface area contributed by atoms with Crippen molar-refractivity contribution in [3.05, 3.63) is 75.4 Å². The average molecular weight is 493 g/mol. The monoisotopic (exact) mass is 492 g/mol. The summed E-state index contributed by atoms with van der Waals surface area (Å²) in [6.07, 6.45) is -3.20. The summed E-state index contributed by atoms with van der Waals surface area (Å²) < 4.78 is 38.4. The molecule has 12 heteroatoms. The summed E-state index contributed by atoms with van der Waals surface area (Å²) in [5.41, 5.74) is 0.891. The molecule has 0 radical (unpaired) electrons. The van der Waals surface area contributed by atoms with Crippen LogP contribution in [0.15, 0.2) is 48.2 Å². The number of urea groups is 1. The minimum Gasteiger partial charge on any atom is -0.334 e. The van der Waals surface area contributed by atoms with Crippen molar-refractivity contribution in [2.24, 2.45) is 0 Å². The molecule has 0 atom stereocenters. The van der Waals surface area contributed by atoms with Gasteiger partial charge >= 0.3 is 12.2 Å². The largest absolute Gasteiger partial charge is 0.417 e. The maximum absolute atomic E-state index is 12.8. The number of imide groups is 1. The minimum absolute atomic E-state index is 0.00434. The Hall–Kier alpha value is -3.86. The summed E-state index contributed by atoms with van der Waals surface area (Å²) in [5.74, 6) is -1.45. The predicted molar refractivity (Wildman–Crippen MR) is 114 cm³/mol. The summed E-state index contributed by atoms with van der Waals surface area (Å²) in [7, 11) is 0. The first-order valence-electron chi connectivity index (χ1n) is 9.92. The zero-order valence-corrected chi connectivity index (χ0v) is 18.0. The molecule has 0 unspecified atom stereocenters. The Bertz CT molecular complexity index is 1260. The van der Waals surface area contributed by atoms with Crippen molar-refractivity contribution < 1.29 is 32.3 Å². The van der Waals surface area contributed by atoms with Crippen molar-refractivity contribution in [2.75, 3.05) is 5.32 Å². The first kappa shape index (κ1) is 23.3. The highest BCUT2D eigenvalue weighted by atomic mass is 35.5. The van der Waals surface area contributed by atoms with Gasteiger partial charge in [0.05, 0.1) is 17.1 Å². The van der Waals surface area contributed by atoms with E-state index in [1.165, 1.54) is 11.0 Å². The van der Waals surface area contributed by atoms with Crippen LogP contribution in [0.1, 0.15) is 33.5 Å². The van der Waals surface area contributed by atoms with Gasteiger partial charge in [0.25, 0.3) is 11.8 Å². The molecule has 2 heterocycles. The van der Waals surface area contributed by atoms with Gasteiger partial charge in [0.2, 0.25) is 5.91 Å². The number of halogens is 4. The Morgan fingerprint density at radius 1 is 1.12 bits per heavy atom. The number of anilines is 1. The molecule has 4 rings (SSSR count). The summed E-state index contributed by atoms with van der Waals surface area (Å²) in [5, 5.41) is 6.62. The molecule has 8 nitrogen and oxygen atoms in total. The van der Waals surface area contributed by atoms with Crippen LogP contribution in [-0.2, 0) is 28.9 Å². The molecule has 0 saturated heterocycles. The van der Waals surface area contributed by atoms with Crippen molar-refractivity contribution in [1.82, 2.24) is 15.5 Å². The number of hydrogen-bond acceptors (Lipinski definition) is 4. The van der Waals surface area contributed by atoms with Gasteiger partial charge in [-0.25, -0.2) is 4.79 Å². The molecule has 2 aromatic rings. The number of hydrogen-bond donors (Lipinski definition) is 3. The van der Waals surface area contributed by atoms with Crippen LogP contribution in [0, 0.1) is 0 Å². The number of nitrogens with zero attached hydrogens (tertiary/aromatic N) is 1. The number of amides is 5. The Morgan fingerprint density at radius 2 is 1.88 bits per heavy atom. The van der Waals surface area contributed by atoms with Crippen LogP contribution in [0.2, 0.25) is 5.02 Å². The third kappa shape index (κ3) is 4.74. The third-order valence-corrected chi connectivity index (χ3v) is 5.53. The minimum atomic E-state index is -4.60. The molecule has 34 heavy (non-hydrogen) atoms. The first-order chi connectivity index (χ1) is 16.0. The van der Waals surface area contributed by atoms with Crippen molar-refractivity contribution in [3.63, 3.8) is 0 Å². The topological polar surface area (TPSA) is 108 Å². The van der Waals surface area contributed by atoms with Crippen LogP contribution >= 0.6 is 11.6 Å². The van der Waals surface area contributed by atoms with Gasteiger partial charge in [-0.3, -0.25) is 24.6 Å². The van der Waals surface area contributed by atoms with E-state index in [2.05, 4.69) is 16.0 Å². The fourth-order valence-corrected chi connectivity index (χ4v) is 3.90. The number of fused-ring (bicyclic) bond motifs is 1. The van der Waals surface area contributed by atoms with Gasteiger partial charge in [-0.2, -0.15) is 13.2 Å². The van der Waals surface area contributed by atoms with Crippen LogP contribution in [0.25, 0.3) is 0 Å². The van der Waals surface area contributed by atoms with E-state index >= 15 is 0 Å². The van der Waals surface area contributed by atoms with Crippen LogP contribution < -0.4 is 16.0 Å². The molecule has 0 aromatic heterocycles. The summed E-state index contributed by atoms with van der Waals surface area (Å²) >= 11 is 5.65. The molecular formula is C22H16ClF3N4O4. The smallest absolute Gasteiger partial charge is 0.334 e. The van der Waals surface area contributed by atoms with Gasteiger partial charge in [0.1, 0.15) is 5.70 Å². The van der Waals surface area contributed by atoms with Gasteiger partial charge in [-0.05, 0) is 41.5 Å². The number of alkyl halides is 3. The van der Waals surface area contributed by atoms with Gasteiger partial charge < -0.3 is 10.6 Å². The second-order valence-corrected chi connectivity index (χ2v) is 7.96. The summed E-state index contributed by atoms with van der Waals surface area (Å²) in [6, 6.07) is 7.12. The molecule has 5 amide bonds. The molecule has 0 spiro atoms. The molecule has 2 aliphatic rings. The zero-order chi connectivity index (χ0) is 24.6. The van der Waals surface area contributed by atoms with Gasteiger partial charge in [0.15, 0.2) is 0 Å². The molecule has 3 N–H and O–H groups in total. The van der Waals surface area contributed by atoms with Crippen LogP contribution in [0.5, 0.6) is 0 Å². The van der Waals surface area contributed by atoms with E-state index in [0.29, 0.717) is 16.7 Å². The fraction of sp³-hybridized carbons (Fsp3) is 0.182. The number of nitrogens with one attached hydrogen (secondary N) is 3. The van der Waals surface area contributed by atoms with Crippen molar-refractivity contribution in [2.45, 2.75) is 25.7 Å². The van der Waals surface area contributed by atoms with Gasteiger partial charge in [-0.1, -0.05) is 23.7 Å². The average Bonchev–Trinajstić information content (AvgIpc) is 3.07. The quantitative estimate of drug-likeness (QED) is 0.567. The number of rotatable bonds is 4. The van der Waals surface area contributed by atoms with Crippen molar-refractivity contribution >= 4 is 41.0 Å². The van der Waals surface area contributed by atoms with E-state index in [0.717, 1.165) is 18.2 Å². The van der Waals surface area contributed by atoms with Crippen molar-refractivity contribution in [3.8, 4) is 0 Å². The standard InChI is InChI=1S/C22H16ClF3N4O4/c23-16-8-13(2-4-15(16)22(24,25)26)28-21(34)27-9-11-1-3-14-12(7-11)10-30(20(14)33)17-5-6-18(31)29-19(17)32/h1-5,7-8H,6,9-10H2,(H2,27,28,34)(H,29,31,32).